The number of Topliss-reactive ketones (excluding diaryl/α,β-unsaturated/α-hetero) is 1. The first-order valence-electron chi connectivity index (χ1n) is 2.73. The second-order valence-electron chi connectivity index (χ2n) is 1.96. The van der Waals surface area contributed by atoms with Crippen molar-refractivity contribution in [1.29, 1.82) is 0 Å². The van der Waals surface area contributed by atoms with Crippen LogP contribution in [0.25, 0.3) is 0 Å². The Labute approximate surface area is 69.9 Å². The largest absolute Gasteiger partial charge is 0.484 e. The molecule has 0 amide bonds. The van der Waals surface area contributed by atoms with Crippen LogP contribution in [0.2, 0.25) is 0 Å². The van der Waals surface area contributed by atoms with Gasteiger partial charge in [-0.15, -0.1) is 11.3 Å². The molecular formula is C6H3BrO2S. The Bertz CT molecular complexity index is 292. The number of thiophene rings is 1. The molecule has 1 aliphatic heterocycles. The zero-order valence-corrected chi connectivity index (χ0v) is 7.29. The third-order valence-electron chi connectivity index (χ3n) is 1.28. The number of hydrogen-bond acceptors (Lipinski definition) is 3. The molecule has 4 heteroatoms. The van der Waals surface area contributed by atoms with Crippen molar-refractivity contribution in [2.24, 2.45) is 0 Å². The summed E-state index contributed by atoms with van der Waals surface area (Å²) >= 11 is 4.70. The number of ether oxygens (including phenoxy) is 1. The zero-order valence-electron chi connectivity index (χ0n) is 4.89. The summed E-state index contributed by atoms with van der Waals surface area (Å²) in [6, 6.07) is 1.82. The molecule has 0 unspecified atom stereocenters. The highest BCUT2D eigenvalue weighted by molar-refractivity contribution is 9.11. The van der Waals surface area contributed by atoms with Gasteiger partial charge in [-0.25, -0.2) is 0 Å². The van der Waals surface area contributed by atoms with E-state index in [1.165, 1.54) is 11.3 Å². The van der Waals surface area contributed by atoms with Gasteiger partial charge < -0.3 is 4.74 Å². The molecule has 1 aromatic heterocycles. The number of halogens is 1. The Morgan fingerprint density at radius 3 is 3.20 bits per heavy atom. The minimum atomic E-state index is 0.0886. The van der Waals surface area contributed by atoms with Gasteiger partial charge in [0.1, 0.15) is 10.6 Å². The summed E-state index contributed by atoms with van der Waals surface area (Å²) in [4.78, 5) is 11.7. The van der Waals surface area contributed by atoms with E-state index in [9.17, 15) is 4.79 Å². The van der Waals surface area contributed by atoms with E-state index in [4.69, 9.17) is 4.74 Å². The maximum Gasteiger partial charge on any atom is 0.213 e. The summed E-state index contributed by atoms with van der Waals surface area (Å²) < 4.78 is 6.01. The van der Waals surface area contributed by atoms with Gasteiger partial charge in [-0.1, -0.05) is 0 Å². The summed E-state index contributed by atoms with van der Waals surface area (Å²) in [5.74, 6) is 0.813. The molecule has 2 nitrogen and oxygen atoms in total. The minimum Gasteiger partial charge on any atom is -0.484 e. The third-order valence-corrected chi connectivity index (χ3v) is 2.94. The first-order valence-corrected chi connectivity index (χ1v) is 4.33. The van der Waals surface area contributed by atoms with Gasteiger partial charge >= 0.3 is 0 Å². The fraction of sp³-hybridized carbons (Fsp3) is 0.167. The molecule has 1 aromatic rings. The summed E-state index contributed by atoms with van der Waals surface area (Å²) in [5.41, 5.74) is 0. The fourth-order valence-corrected chi connectivity index (χ4v) is 2.30. The Balaban J connectivity index is 2.59. The van der Waals surface area contributed by atoms with Crippen molar-refractivity contribution in [2.45, 2.75) is 0 Å². The van der Waals surface area contributed by atoms with Crippen LogP contribution in [0.15, 0.2) is 9.85 Å². The van der Waals surface area contributed by atoms with Crippen LogP contribution in [0.5, 0.6) is 5.75 Å². The summed E-state index contributed by atoms with van der Waals surface area (Å²) in [6.07, 6.45) is 0. The van der Waals surface area contributed by atoms with E-state index in [0.29, 0.717) is 0 Å². The molecule has 0 aromatic carbocycles. The van der Waals surface area contributed by atoms with E-state index in [0.717, 1.165) is 14.4 Å². The van der Waals surface area contributed by atoms with Crippen LogP contribution in [0.3, 0.4) is 0 Å². The molecule has 0 spiro atoms. The molecule has 0 aliphatic carbocycles. The number of hydrogen-bond donors (Lipinski definition) is 0. The average molecular weight is 219 g/mol. The monoisotopic (exact) mass is 218 g/mol. The zero-order chi connectivity index (χ0) is 7.14. The van der Waals surface area contributed by atoms with Crippen LogP contribution in [0.4, 0.5) is 0 Å². The molecule has 0 atom stereocenters. The average Bonchev–Trinajstić information content (AvgIpc) is 2.35. The molecule has 2 rings (SSSR count). The van der Waals surface area contributed by atoms with Gasteiger partial charge in [0, 0.05) is 6.07 Å². The van der Waals surface area contributed by atoms with E-state index in [1.807, 2.05) is 6.07 Å². The number of carbonyl (C=O) groups is 1. The van der Waals surface area contributed by atoms with Crippen LogP contribution in [0.1, 0.15) is 9.67 Å². The van der Waals surface area contributed by atoms with Gasteiger partial charge in [0.05, 0.1) is 3.79 Å². The van der Waals surface area contributed by atoms with Crippen molar-refractivity contribution in [1.82, 2.24) is 0 Å². The fourth-order valence-electron chi connectivity index (χ4n) is 0.856. The normalized spacial score (nSPS) is 15.1. The summed E-state index contributed by atoms with van der Waals surface area (Å²) in [7, 11) is 0. The van der Waals surface area contributed by atoms with E-state index in [1.54, 1.807) is 0 Å². The Morgan fingerprint density at radius 1 is 1.70 bits per heavy atom. The highest BCUT2D eigenvalue weighted by Crippen LogP contribution is 2.36. The number of fused-ring (bicyclic) bond motifs is 1. The van der Waals surface area contributed by atoms with Crippen LogP contribution in [-0.2, 0) is 0 Å². The predicted octanol–water partition coefficient (Wildman–Crippen LogP) is 2.09. The standard InChI is InChI=1S/C6H3BrO2S/c7-5-1-4-6(10-5)3(8)2-9-4/h1H,2H2. The second kappa shape index (κ2) is 2.07. The van der Waals surface area contributed by atoms with Crippen molar-refractivity contribution in [2.75, 3.05) is 6.61 Å². The minimum absolute atomic E-state index is 0.0886. The van der Waals surface area contributed by atoms with Gasteiger partial charge in [-0.2, -0.15) is 0 Å². The van der Waals surface area contributed by atoms with E-state index in [-0.39, 0.29) is 12.4 Å². The predicted molar refractivity (Wildman–Crippen MR) is 41.8 cm³/mol. The SMILES string of the molecule is O=C1COc2cc(Br)sc21. The van der Waals surface area contributed by atoms with Gasteiger partial charge in [-0.05, 0) is 15.9 Å². The van der Waals surface area contributed by atoms with Crippen molar-refractivity contribution in [3.05, 3.63) is 14.7 Å². The number of rotatable bonds is 0. The second-order valence-corrected chi connectivity index (χ2v) is 4.39. The van der Waals surface area contributed by atoms with Gasteiger partial charge in [0.2, 0.25) is 5.78 Å². The maximum atomic E-state index is 10.9. The van der Waals surface area contributed by atoms with Gasteiger partial charge in [0.15, 0.2) is 6.61 Å². The first kappa shape index (κ1) is 6.37. The van der Waals surface area contributed by atoms with Gasteiger partial charge in [-0.3, -0.25) is 4.79 Å². The van der Waals surface area contributed by atoms with Crippen molar-refractivity contribution in [3.63, 3.8) is 0 Å². The molecule has 0 bridgehead atoms. The van der Waals surface area contributed by atoms with Crippen LogP contribution >= 0.6 is 27.3 Å². The topological polar surface area (TPSA) is 26.3 Å². The quantitative estimate of drug-likeness (QED) is 0.667. The molecule has 10 heavy (non-hydrogen) atoms. The summed E-state index contributed by atoms with van der Waals surface area (Å²) in [6.45, 7) is 0.217. The lowest BCUT2D eigenvalue weighted by Crippen LogP contribution is -1.98. The summed E-state index contributed by atoms with van der Waals surface area (Å²) in [5, 5.41) is 0. The molecule has 0 saturated heterocycles. The molecule has 0 N–H and O–H groups in total. The smallest absolute Gasteiger partial charge is 0.213 e. The van der Waals surface area contributed by atoms with E-state index in [2.05, 4.69) is 15.9 Å². The van der Waals surface area contributed by atoms with Crippen molar-refractivity contribution < 1.29 is 9.53 Å². The maximum absolute atomic E-state index is 10.9. The number of carbonyl (C=O) groups excluding carboxylic acids is 1. The lowest BCUT2D eigenvalue weighted by atomic mass is 10.4. The Morgan fingerprint density at radius 2 is 2.50 bits per heavy atom. The molecular weight excluding hydrogens is 216 g/mol. The number of ketones is 1. The molecule has 0 radical (unpaired) electrons. The molecule has 0 saturated carbocycles. The van der Waals surface area contributed by atoms with Crippen molar-refractivity contribution >= 4 is 33.0 Å². The molecule has 52 valence electrons. The van der Waals surface area contributed by atoms with Crippen molar-refractivity contribution in [3.8, 4) is 5.75 Å². The van der Waals surface area contributed by atoms with Crippen LogP contribution in [0, 0.1) is 0 Å². The van der Waals surface area contributed by atoms with Gasteiger partial charge in [0.25, 0.3) is 0 Å². The Hall–Kier alpha value is -0.350. The molecule has 0 fully saturated rings. The molecule has 2 heterocycles. The van der Waals surface area contributed by atoms with E-state index >= 15 is 0 Å². The highest BCUT2D eigenvalue weighted by Gasteiger charge is 2.23. The van der Waals surface area contributed by atoms with E-state index < -0.39 is 0 Å². The van der Waals surface area contributed by atoms with Crippen LogP contribution < -0.4 is 4.74 Å². The highest BCUT2D eigenvalue weighted by atomic mass is 79.9. The lowest BCUT2D eigenvalue weighted by molar-refractivity contribution is 0.0963. The lowest BCUT2D eigenvalue weighted by Gasteiger charge is -1.86. The Kier molecular flexibility index (Phi) is 1.32. The van der Waals surface area contributed by atoms with Crippen LogP contribution in [-0.4, -0.2) is 12.4 Å². The third kappa shape index (κ3) is 0.793. The molecule has 1 aliphatic rings. The first-order chi connectivity index (χ1) is 4.77.